The minimum atomic E-state index is -0.364. The number of anilines is 2. The van der Waals surface area contributed by atoms with Crippen LogP contribution in [-0.4, -0.2) is 15.9 Å². The molecule has 0 aliphatic carbocycles. The summed E-state index contributed by atoms with van der Waals surface area (Å²) in [5.74, 6) is -0.329. The summed E-state index contributed by atoms with van der Waals surface area (Å²) in [7, 11) is 0. The fourth-order valence-electron chi connectivity index (χ4n) is 2.17. The van der Waals surface area contributed by atoms with E-state index in [1.165, 1.54) is 24.5 Å². The molecule has 0 spiro atoms. The van der Waals surface area contributed by atoms with Gasteiger partial charge in [-0.25, -0.2) is 14.4 Å². The van der Waals surface area contributed by atoms with Crippen molar-refractivity contribution in [3.63, 3.8) is 0 Å². The minimum absolute atomic E-state index is 0.195. The van der Waals surface area contributed by atoms with E-state index in [-0.39, 0.29) is 24.0 Å². The molecule has 0 atom stereocenters. The zero-order valence-electron chi connectivity index (χ0n) is 13.0. The fourth-order valence-corrected chi connectivity index (χ4v) is 2.37. The van der Waals surface area contributed by atoms with Crippen LogP contribution in [-0.2, 0) is 6.54 Å². The molecule has 5 nitrogen and oxygen atoms in total. The monoisotopic (exact) mass is 356 g/mol. The number of nitrogens with one attached hydrogen (secondary N) is 2. The fraction of sp³-hybridized carbons (Fsp3) is 0.0556. The van der Waals surface area contributed by atoms with E-state index >= 15 is 0 Å². The van der Waals surface area contributed by atoms with Gasteiger partial charge in [0.25, 0.3) is 5.91 Å². The van der Waals surface area contributed by atoms with Crippen molar-refractivity contribution in [2.75, 3.05) is 5.32 Å². The highest BCUT2D eigenvalue weighted by molar-refractivity contribution is 6.31. The van der Waals surface area contributed by atoms with Crippen LogP contribution >= 0.6 is 11.6 Å². The summed E-state index contributed by atoms with van der Waals surface area (Å²) in [6.07, 6.45) is 1.27. The lowest BCUT2D eigenvalue weighted by Gasteiger charge is -2.08. The third-order valence-corrected chi connectivity index (χ3v) is 3.76. The molecular weight excluding hydrogens is 343 g/mol. The van der Waals surface area contributed by atoms with Crippen LogP contribution in [0.5, 0.6) is 0 Å². The largest absolute Gasteiger partial charge is 0.347 e. The number of aromatic nitrogens is 2. The van der Waals surface area contributed by atoms with E-state index in [2.05, 4.69) is 20.6 Å². The molecule has 1 amide bonds. The predicted molar refractivity (Wildman–Crippen MR) is 94.3 cm³/mol. The molecule has 0 aliphatic heterocycles. The van der Waals surface area contributed by atoms with Gasteiger partial charge >= 0.3 is 0 Å². The number of halogens is 2. The molecule has 0 bridgehead atoms. The van der Waals surface area contributed by atoms with E-state index in [9.17, 15) is 9.18 Å². The van der Waals surface area contributed by atoms with Crippen molar-refractivity contribution in [3.8, 4) is 0 Å². The third kappa shape index (κ3) is 4.51. The molecule has 126 valence electrons. The molecule has 1 aromatic heterocycles. The second-order valence-electron chi connectivity index (χ2n) is 5.20. The van der Waals surface area contributed by atoms with Gasteiger partial charge < -0.3 is 10.6 Å². The van der Waals surface area contributed by atoms with Crippen LogP contribution in [0.3, 0.4) is 0 Å². The van der Waals surface area contributed by atoms with Gasteiger partial charge in [-0.1, -0.05) is 35.9 Å². The Hall–Kier alpha value is -2.99. The van der Waals surface area contributed by atoms with Gasteiger partial charge in [0, 0.05) is 23.3 Å². The molecule has 2 aromatic carbocycles. The molecular formula is C18H14ClFN4O. The molecule has 0 saturated carbocycles. The van der Waals surface area contributed by atoms with E-state index in [0.717, 1.165) is 5.56 Å². The molecule has 3 aromatic rings. The van der Waals surface area contributed by atoms with E-state index in [4.69, 9.17) is 11.6 Å². The first-order chi connectivity index (χ1) is 12.1. The Morgan fingerprint density at radius 3 is 2.72 bits per heavy atom. The maximum Gasteiger partial charge on any atom is 0.270 e. The zero-order valence-corrected chi connectivity index (χ0v) is 13.8. The number of hydrogen-bond donors (Lipinski definition) is 2. The van der Waals surface area contributed by atoms with Gasteiger partial charge in [0.05, 0.1) is 0 Å². The highest BCUT2D eigenvalue weighted by atomic mass is 35.5. The summed E-state index contributed by atoms with van der Waals surface area (Å²) < 4.78 is 13.2. The van der Waals surface area contributed by atoms with Crippen LogP contribution in [0.2, 0.25) is 5.02 Å². The van der Waals surface area contributed by atoms with Crippen LogP contribution in [0.1, 0.15) is 16.1 Å². The van der Waals surface area contributed by atoms with Crippen molar-refractivity contribution in [2.45, 2.75) is 6.54 Å². The van der Waals surface area contributed by atoms with Crippen molar-refractivity contribution in [1.82, 2.24) is 15.3 Å². The first-order valence-corrected chi connectivity index (χ1v) is 7.86. The molecule has 7 heteroatoms. The molecule has 2 N–H and O–H groups in total. The Bertz CT molecular complexity index is 904. The number of nitrogens with zero attached hydrogens (tertiary/aromatic N) is 2. The normalized spacial score (nSPS) is 10.3. The molecule has 3 rings (SSSR count). The van der Waals surface area contributed by atoms with E-state index in [1.54, 1.807) is 18.2 Å². The molecule has 0 unspecified atom stereocenters. The van der Waals surface area contributed by atoms with Crippen molar-refractivity contribution < 1.29 is 9.18 Å². The zero-order chi connectivity index (χ0) is 17.6. The second-order valence-corrected chi connectivity index (χ2v) is 5.61. The summed E-state index contributed by atoms with van der Waals surface area (Å²) in [4.78, 5) is 20.3. The molecule has 25 heavy (non-hydrogen) atoms. The van der Waals surface area contributed by atoms with Crippen LogP contribution in [0, 0.1) is 5.82 Å². The van der Waals surface area contributed by atoms with Gasteiger partial charge in [0.2, 0.25) is 0 Å². The SMILES string of the molecule is O=C(NCc1ccccc1Cl)c1cc(Nc2cccc(F)c2)ncn1. The Kier molecular flexibility index (Phi) is 5.20. The Balaban J connectivity index is 1.68. The van der Waals surface area contributed by atoms with E-state index in [0.29, 0.717) is 16.5 Å². The van der Waals surface area contributed by atoms with Gasteiger partial charge in [-0.2, -0.15) is 0 Å². The maximum absolute atomic E-state index is 13.2. The van der Waals surface area contributed by atoms with Gasteiger partial charge in [-0.05, 0) is 29.8 Å². The molecule has 0 radical (unpaired) electrons. The lowest BCUT2D eigenvalue weighted by molar-refractivity contribution is 0.0946. The number of amides is 1. The predicted octanol–water partition coefficient (Wildman–Crippen LogP) is 3.94. The quantitative estimate of drug-likeness (QED) is 0.726. The highest BCUT2D eigenvalue weighted by Crippen LogP contribution is 2.16. The van der Waals surface area contributed by atoms with Crippen LogP contribution in [0.15, 0.2) is 60.9 Å². The lowest BCUT2D eigenvalue weighted by atomic mass is 10.2. The van der Waals surface area contributed by atoms with Gasteiger partial charge in [0.15, 0.2) is 0 Å². The minimum Gasteiger partial charge on any atom is -0.347 e. The van der Waals surface area contributed by atoms with Crippen molar-refractivity contribution in [1.29, 1.82) is 0 Å². The summed E-state index contributed by atoms with van der Waals surface area (Å²) in [5, 5.41) is 6.27. The number of hydrogen-bond acceptors (Lipinski definition) is 4. The molecule has 1 heterocycles. The number of carbonyl (C=O) groups excluding carboxylic acids is 1. The summed E-state index contributed by atoms with van der Waals surface area (Å²) in [6.45, 7) is 0.287. The number of rotatable bonds is 5. The third-order valence-electron chi connectivity index (χ3n) is 3.39. The summed E-state index contributed by atoms with van der Waals surface area (Å²) in [6, 6.07) is 14.7. The van der Waals surface area contributed by atoms with Gasteiger partial charge in [0.1, 0.15) is 23.7 Å². The topological polar surface area (TPSA) is 66.9 Å². The average Bonchev–Trinajstić information content (AvgIpc) is 2.61. The molecule has 0 saturated heterocycles. The number of benzene rings is 2. The Labute approximate surface area is 148 Å². The standard InChI is InChI=1S/C18H14ClFN4O/c19-15-7-2-1-4-12(15)10-21-18(25)16-9-17(23-11-22-16)24-14-6-3-5-13(20)8-14/h1-9,11H,10H2,(H,21,25)(H,22,23,24). The van der Waals surface area contributed by atoms with Gasteiger partial charge in [-0.15, -0.1) is 0 Å². The van der Waals surface area contributed by atoms with Crippen molar-refractivity contribution >= 4 is 29.0 Å². The number of carbonyl (C=O) groups is 1. The van der Waals surface area contributed by atoms with E-state index < -0.39 is 0 Å². The van der Waals surface area contributed by atoms with E-state index in [1.807, 2.05) is 18.2 Å². The van der Waals surface area contributed by atoms with Crippen LogP contribution in [0.4, 0.5) is 15.9 Å². The highest BCUT2D eigenvalue weighted by Gasteiger charge is 2.10. The van der Waals surface area contributed by atoms with Crippen LogP contribution < -0.4 is 10.6 Å². The summed E-state index contributed by atoms with van der Waals surface area (Å²) in [5.41, 5.74) is 1.53. The van der Waals surface area contributed by atoms with Gasteiger partial charge in [-0.3, -0.25) is 4.79 Å². The van der Waals surface area contributed by atoms with Crippen LogP contribution in [0.25, 0.3) is 0 Å². The average molecular weight is 357 g/mol. The molecule has 0 aliphatic rings. The molecule has 0 fully saturated rings. The first kappa shape index (κ1) is 16.9. The first-order valence-electron chi connectivity index (χ1n) is 7.48. The summed E-state index contributed by atoms with van der Waals surface area (Å²) >= 11 is 6.06. The second kappa shape index (κ2) is 7.72. The van der Waals surface area contributed by atoms with Crippen molar-refractivity contribution in [2.24, 2.45) is 0 Å². The Morgan fingerprint density at radius 1 is 1.08 bits per heavy atom. The van der Waals surface area contributed by atoms with Crippen molar-refractivity contribution in [3.05, 3.63) is 83.0 Å². The Morgan fingerprint density at radius 2 is 1.92 bits per heavy atom. The maximum atomic E-state index is 13.2. The lowest BCUT2D eigenvalue weighted by Crippen LogP contribution is -2.24. The smallest absolute Gasteiger partial charge is 0.270 e.